The largest absolute Gasteiger partial charge is 0.381 e. The topological polar surface area (TPSA) is 64.3 Å². The molecule has 0 heterocycles. The van der Waals surface area contributed by atoms with Gasteiger partial charge in [0.2, 0.25) is 0 Å². The summed E-state index contributed by atoms with van der Waals surface area (Å²) >= 11 is 0. The molecule has 0 rings (SSSR count). The number of nitriles is 1. The Morgan fingerprint density at radius 3 is 2.43 bits per heavy atom. The minimum atomic E-state index is -1.36. The van der Waals surface area contributed by atoms with Gasteiger partial charge >= 0.3 is 0 Å². The first-order chi connectivity index (χ1) is 6.32. The molecule has 4 nitrogen and oxygen atoms in total. The van der Waals surface area contributed by atoms with Crippen LogP contribution in [0.3, 0.4) is 0 Å². The highest BCUT2D eigenvalue weighted by atomic mass is 16.3. The van der Waals surface area contributed by atoms with E-state index in [1.54, 1.807) is 6.92 Å². The van der Waals surface area contributed by atoms with Gasteiger partial charge in [0.05, 0.1) is 12.0 Å². The molecule has 0 saturated heterocycles. The first-order valence-corrected chi connectivity index (χ1v) is 4.74. The number of amides is 1. The highest BCUT2D eigenvalue weighted by Gasteiger charge is 2.29. The van der Waals surface area contributed by atoms with E-state index in [9.17, 15) is 9.90 Å². The summed E-state index contributed by atoms with van der Waals surface area (Å²) in [5.41, 5.74) is -1.36. The maximum absolute atomic E-state index is 11.6. The molecule has 0 aromatic carbocycles. The van der Waals surface area contributed by atoms with Crippen LogP contribution in [0.2, 0.25) is 0 Å². The van der Waals surface area contributed by atoms with Crippen molar-refractivity contribution in [2.24, 2.45) is 5.92 Å². The van der Waals surface area contributed by atoms with Crippen molar-refractivity contribution < 1.29 is 9.90 Å². The van der Waals surface area contributed by atoms with E-state index < -0.39 is 5.60 Å². The Morgan fingerprint density at radius 1 is 1.64 bits per heavy atom. The molecule has 0 aliphatic rings. The van der Waals surface area contributed by atoms with E-state index in [4.69, 9.17) is 5.26 Å². The van der Waals surface area contributed by atoms with Gasteiger partial charge in [0.1, 0.15) is 5.60 Å². The second kappa shape index (κ2) is 4.97. The monoisotopic (exact) mass is 198 g/mol. The van der Waals surface area contributed by atoms with Gasteiger partial charge in [0.25, 0.3) is 5.91 Å². The molecule has 0 spiro atoms. The third-order valence-corrected chi connectivity index (χ3v) is 1.91. The lowest BCUT2D eigenvalue weighted by Crippen LogP contribution is -2.46. The molecular formula is C10H18N2O2. The van der Waals surface area contributed by atoms with E-state index >= 15 is 0 Å². The fourth-order valence-electron chi connectivity index (χ4n) is 1.11. The summed E-state index contributed by atoms with van der Waals surface area (Å²) in [5.74, 6) is -0.539. The van der Waals surface area contributed by atoms with Gasteiger partial charge in [-0.15, -0.1) is 0 Å². The lowest BCUT2D eigenvalue weighted by atomic mass is 10.1. The molecule has 4 heteroatoms. The van der Waals surface area contributed by atoms with Crippen molar-refractivity contribution in [3.63, 3.8) is 0 Å². The van der Waals surface area contributed by atoms with E-state index in [2.05, 4.69) is 6.07 Å². The molecule has 1 atom stereocenters. The molecule has 1 N–H and O–H groups in total. The molecule has 0 aliphatic heterocycles. The molecule has 0 bridgehead atoms. The maximum atomic E-state index is 11.6. The standard InChI is InChI=1S/C10H18N2O2/c1-5-12(7-8(2)6-11)9(13)10(3,4)14/h8,14H,5,7H2,1-4H3. The molecule has 0 aliphatic carbocycles. The van der Waals surface area contributed by atoms with Gasteiger partial charge in [0, 0.05) is 13.1 Å². The van der Waals surface area contributed by atoms with Crippen molar-refractivity contribution in [1.29, 1.82) is 5.26 Å². The molecule has 0 aromatic rings. The lowest BCUT2D eigenvalue weighted by molar-refractivity contribution is -0.148. The molecule has 1 unspecified atom stereocenters. The van der Waals surface area contributed by atoms with E-state index in [1.165, 1.54) is 18.7 Å². The predicted molar refractivity (Wildman–Crippen MR) is 53.3 cm³/mol. The van der Waals surface area contributed by atoms with Crippen molar-refractivity contribution in [1.82, 2.24) is 4.90 Å². The van der Waals surface area contributed by atoms with E-state index in [1.807, 2.05) is 6.92 Å². The van der Waals surface area contributed by atoms with Crippen molar-refractivity contribution in [3.8, 4) is 6.07 Å². The van der Waals surface area contributed by atoms with Crippen molar-refractivity contribution in [2.75, 3.05) is 13.1 Å². The summed E-state index contributed by atoms with van der Waals surface area (Å²) in [5, 5.41) is 18.1. The van der Waals surface area contributed by atoms with Crippen LogP contribution < -0.4 is 0 Å². The molecule has 0 fully saturated rings. The second-order valence-corrected chi connectivity index (χ2v) is 3.93. The average Bonchev–Trinajstić information content (AvgIpc) is 2.11. The van der Waals surface area contributed by atoms with Gasteiger partial charge in [0.15, 0.2) is 0 Å². The molecule has 0 aromatic heterocycles. The van der Waals surface area contributed by atoms with E-state index in [0.717, 1.165) is 0 Å². The summed E-state index contributed by atoms with van der Waals surface area (Å²) in [6.07, 6.45) is 0. The first kappa shape index (κ1) is 12.9. The number of rotatable bonds is 4. The highest BCUT2D eigenvalue weighted by molar-refractivity contribution is 5.84. The van der Waals surface area contributed by atoms with Crippen molar-refractivity contribution in [3.05, 3.63) is 0 Å². The Morgan fingerprint density at radius 2 is 2.14 bits per heavy atom. The summed E-state index contributed by atoms with van der Waals surface area (Å²) in [7, 11) is 0. The lowest BCUT2D eigenvalue weighted by Gasteiger charge is -2.28. The third-order valence-electron chi connectivity index (χ3n) is 1.91. The van der Waals surface area contributed by atoms with Crippen LogP contribution in [-0.4, -0.2) is 34.6 Å². The molecule has 0 radical (unpaired) electrons. The molecule has 1 amide bonds. The van der Waals surface area contributed by atoms with Gasteiger partial charge in [-0.3, -0.25) is 4.79 Å². The highest BCUT2D eigenvalue weighted by Crippen LogP contribution is 2.09. The number of likely N-dealkylation sites (N-methyl/N-ethyl adjacent to an activating group) is 1. The van der Waals surface area contributed by atoms with E-state index in [0.29, 0.717) is 13.1 Å². The van der Waals surface area contributed by atoms with Crippen LogP contribution in [0, 0.1) is 17.2 Å². The van der Waals surface area contributed by atoms with Crippen LogP contribution in [0.5, 0.6) is 0 Å². The fourth-order valence-corrected chi connectivity index (χ4v) is 1.11. The van der Waals surface area contributed by atoms with Gasteiger partial charge in [-0.2, -0.15) is 5.26 Å². The van der Waals surface area contributed by atoms with Crippen LogP contribution in [0.1, 0.15) is 27.7 Å². The summed E-state index contributed by atoms with van der Waals surface area (Å²) in [6.45, 7) is 7.36. The fraction of sp³-hybridized carbons (Fsp3) is 0.800. The van der Waals surface area contributed by atoms with Crippen molar-refractivity contribution >= 4 is 5.91 Å². The van der Waals surface area contributed by atoms with Crippen molar-refractivity contribution in [2.45, 2.75) is 33.3 Å². The summed E-state index contributed by atoms with van der Waals surface area (Å²) in [4.78, 5) is 13.1. The second-order valence-electron chi connectivity index (χ2n) is 3.93. The number of hydrogen-bond donors (Lipinski definition) is 1. The third kappa shape index (κ3) is 3.75. The van der Waals surface area contributed by atoms with Crippen LogP contribution in [0.15, 0.2) is 0 Å². The minimum absolute atomic E-state index is 0.207. The predicted octanol–water partition coefficient (Wildman–Crippen LogP) is 0.765. The molecule has 0 saturated carbocycles. The Hall–Kier alpha value is -1.08. The maximum Gasteiger partial charge on any atom is 0.253 e. The van der Waals surface area contributed by atoms with Gasteiger partial charge in [-0.1, -0.05) is 0 Å². The zero-order valence-corrected chi connectivity index (χ0v) is 9.24. The van der Waals surface area contributed by atoms with Crippen LogP contribution in [0.25, 0.3) is 0 Å². The van der Waals surface area contributed by atoms with Gasteiger partial charge in [-0.25, -0.2) is 0 Å². The number of carbonyl (C=O) groups is 1. The average molecular weight is 198 g/mol. The zero-order chi connectivity index (χ0) is 11.4. The zero-order valence-electron chi connectivity index (χ0n) is 9.24. The minimum Gasteiger partial charge on any atom is -0.381 e. The SMILES string of the molecule is CCN(CC(C)C#N)C(=O)C(C)(C)O. The van der Waals surface area contributed by atoms with Gasteiger partial charge in [-0.05, 0) is 27.7 Å². The van der Waals surface area contributed by atoms with E-state index in [-0.39, 0.29) is 11.8 Å². The Bertz CT molecular complexity index is 237. The van der Waals surface area contributed by atoms with Crippen LogP contribution in [0.4, 0.5) is 0 Å². The van der Waals surface area contributed by atoms with Gasteiger partial charge < -0.3 is 10.0 Å². The summed E-state index contributed by atoms with van der Waals surface area (Å²) in [6, 6.07) is 2.06. The van der Waals surface area contributed by atoms with Crippen LogP contribution in [-0.2, 0) is 4.79 Å². The number of carbonyl (C=O) groups excluding carboxylic acids is 1. The van der Waals surface area contributed by atoms with Crippen LogP contribution >= 0.6 is 0 Å². The number of aliphatic hydroxyl groups is 1. The molecule has 14 heavy (non-hydrogen) atoms. The Kier molecular flexibility index (Phi) is 4.58. The first-order valence-electron chi connectivity index (χ1n) is 4.74. The Labute approximate surface area is 85.1 Å². The number of nitrogens with zero attached hydrogens (tertiary/aromatic N) is 2. The summed E-state index contributed by atoms with van der Waals surface area (Å²) < 4.78 is 0. The molecule has 80 valence electrons. The number of hydrogen-bond acceptors (Lipinski definition) is 3. The normalized spacial score (nSPS) is 13.1. The smallest absolute Gasteiger partial charge is 0.253 e. The Balaban J connectivity index is 4.44. The quantitative estimate of drug-likeness (QED) is 0.725. The molecular weight excluding hydrogens is 180 g/mol.